The predicted molar refractivity (Wildman–Crippen MR) is 63.4 cm³/mol. The first-order valence-corrected chi connectivity index (χ1v) is 5.64. The lowest BCUT2D eigenvalue weighted by atomic mass is 10.3. The zero-order valence-electron chi connectivity index (χ0n) is 10.5. The molecule has 0 saturated carbocycles. The quantitative estimate of drug-likeness (QED) is 0.877. The Labute approximate surface area is 104 Å². The van der Waals surface area contributed by atoms with Crippen molar-refractivity contribution in [1.82, 2.24) is 24.5 Å². The number of carbonyl (C=O) groups is 1. The zero-order chi connectivity index (χ0) is 13.3. The molecule has 0 saturated heterocycles. The van der Waals surface area contributed by atoms with Gasteiger partial charge in [0.2, 0.25) is 0 Å². The second-order valence-electron chi connectivity index (χ2n) is 4.35. The van der Waals surface area contributed by atoms with Gasteiger partial charge < -0.3 is 5.11 Å². The molecule has 0 aromatic carbocycles. The van der Waals surface area contributed by atoms with Gasteiger partial charge in [0.15, 0.2) is 0 Å². The monoisotopic (exact) mass is 249 g/mol. The van der Waals surface area contributed by atoms with E-state index in [4.69, 9.17) is 5.11 Å². The topological polar surface area (TPSA) is 85.8 Å². The van der Waals surface area contributed by atoms with Crippen LogP contribution in [0, 0.1) is 6.92 Å². The molecule has 0 bridgehead atoms. The molecule has 18 heavy (non-hydrogen) atoms. The molecular weight excluding hydrogens is 234 g/mol. The molecule has 0 aliphatic rings. The maximum Gasteiger partial charge on any atom is 0.339 e. The maximum atomic E-state index is 10.9. The summed E-state index contributed by atoms with van der Waals surface area (Å²) >= 11 is 0. The fraction of sp³-hybridized carbons (Fsp3) is 0.455. The SMILES string of the molecule is Cc1nn(Cc2ncnn2C(C)C)cc1C(=O)O. The van der Waals surface area contributed by atoms with Crippen LogP contribution in [0.1, 0.15) is 41.8 Å². The van der Waals surface area contributed by atoms with Gasteiger partial charge in [-0.3, -0.25) is 4.68 Å². The first kappa shape index (κ1) is 12.3. The number of carboxylic acid groups (broad SMARTS) is 1. The molecule has 2 heterocycles. The summed E-state index contributed by atoms with van der Waals surface area (Å²) in [5.74, 6) is -0.214. The second-order valence-corrected chi connectivity index (χ2v) is 4.35. The average Bonchev–Trinajstić information content (AvgIpc) is 2.85. The highest BCUT2D eigenvalue weighted by Gasteiger charge is 2.14. The van der Waals surface area contributed by atoms with Crippen LogP contribution < -0.4 is 0 Å². The minimum Gasteiger partial charge on any atom is -0.478 e. The van der Waals surface area contributed by atoms with Crippen molar-refractivity contribution in [3.63, 3.8) is 0 Å². The van der Waals surface area contributed by atoms with Crippen molar-refractivity contribution in [2.75, 3.05) is 0 Å². The summed E-state index contributed by atoms with van der Waals surface area (Å²) in [4.78, 5) is 15.1. The minimum atomic E-state index is -0.968. The average molecular weight is 249 g/mol. The molecular formula is C11H15N5O2. The lowest BCUT2D eigenvalue weighted by molar-refractivity contribution is 0.0696. The van der Waals surface area contributed by atoms with E-state index in [-0.39, 0.29) is 11.6 Å². The van der Waals surface area contributed by atoms with Gasteiger partial charge in [-0.15, -0.1) is 0 Å². The Morgan fingerprint density at radius 2 is 2.22 bits per heavy atom. The van der Waals surface area contributed by atoms with Gasteiger partial charge in [-0.1, -0.05) is 0 Å². The fourth-order valence-corrected chi connectivity index (χ4v) is 1.77. The summed E-state index contributed by atoms with van der Waals surface area (Å²) in [6.07, 6.45) is 3.00. The summed E-state index contributed by atoms with van der Waals surface area (Å²) in [5, 5.41) is 17.2. The van der Waals surface area contributed by atoms with Crippen molar-refractivity contribution in [2.45, 2.75) is 33.4 Å². The summed E-state index contributed by atoms with van der Waals surface area (Å²) < 4.78 is 3.36. The van der Waals surface area contributed by atoms with Crippen LogP contribution in [0.15, 0.2) is 12.5 Å². The van der Waals surface area contributed by atoms with Crippen LogP contribution in [-0.4, -0.2) is 35.6 Å². The van der Waals surface area contributed by atoms with Crippen LogP contribution in [0.2, 0.25) is 0 Å². The standard InChI is InChI=1S/C11H15N5O2/c1-7(2)16-10(12-6-13-16)5-15-4-9(11(17)18)8(3)14-15/h4,6-7H,5H2,1-3H3,(H,17,18). The highest BCUT2D eigenvalue weighted by molar-refractivity contribution is 5.88. The van der Waals surface area contributed by atoms with E-state index in [1.54, 1.807) is 16.3 Å². The summed E-state index contributed by atoms with van der Waals surface area (Å²) in [6, 6.07) is 0.207. The van der Waals surface area contributed by atoms with E-state index in [9.17, 15) is 4.79 Å². The number of aryl methyl sites for hydroxylation is 1. The van der Waals surface area contributed by atoms with Gasteiger partial charge in [0, 0.05) is 12.2 Å². The molecule has 0 aliphatic carbocycles. The van der Waals surface area contributed by atoms with E-state index in [0.29, 0.717) is 12.2 Å². The molecule has 0 amide bonds. The van der Waals surface area contributed by atoms with Gasteiger partial charge in [-0.05, 0) is 20.8 Å². The number of rotatable bonds is 4. The highest BCUT2D eigenvalue weighted by atomic mass is 16.4. The first-order chi connectivity index (χ1) is 8.49. The molecule has 2 aromatic heterocycles. The second kappa shape index (κ2) is 4.59. The molecule has 0 unspecified atom stereocenters. The number of nitrogens with zero attached hydrogens (tertiary/aromatic N) is 5. The van der Waals surface area contributed by atoms with Gasteiger partial charge in [0.05, 0.1) is 5.69 Å². The number of aromatic nitrogens is 5. The van der Waals surface area contributed by atoms with Gasteiger partial charge in [-0.2, -0.15) is 10.2 Å². The van der Waals surface area contributed by atoms with Crippen molar-refractivity contribution in [3.05, 3.63) is 29.6 Å². The summed E-state index contributed by atoms with van der Waals surface area (Å²) in [7, 11) is 0. The fourth-order valence-electron chi connectivity index (χ4n) is 1.77. The molecule has 96 valence electrons. The third-order valence-electron chi connectivity index (χ3n) is 2.62. The first-order valence-electron chi connectivity index (χ1n) is 5.64. The van der Waals surface area contributed by atoms with Gasteiger partial charge in [0.1, 0.15) is 24.3 Å². The van der Waals surface area contributed by atoms with Crippen molar-refractivity contribution < 1.29 is 9.90 Å². The molecule has 0 aliphatic heterocycles. The highest BCUT2D eigenvalue weighted by Crippen LogP contribution is 2.09. The van der Waals surface area contributed by atoms with E-state index in [1.165, 1.54) is 12.5 Å². The van der Waals surface area contributed by atoms with E-state index < -0.39 is 5.97 Å². The van der Waals surface area contributed by atoms with Crippen LogP contribution in [0.4, 0.5) is 0 Å². The lowest BCUT2D eigenvalue weighted by Gasteiger charge is -2.08. The van der Waals surface area contributed by atoms with Crippen molar-refractivity contribution in [1.29, 1.82) is 0 Å². The molecule has 0 spiro atoms. The van der Waals surface area contributed by atoms with E-state index in [0.717, 1.165) is 5.82 Å². The molecule has 0 fully saturated rings. The van der Waals surface area contributed by atoms with E-state index in [2.05, 4.69) is 15.2 Å². The third-order valence-corrected chi connectivity index (χ3v) is 2.62. The van der Waals surface area contributed by atoms with E-state index in [1.807, 2.05) is 13.8 Å². The molecule has 7 nitrogen and oxygen atoms in total. The number of hydrogen-bond donors (Lipinski definition) is 1. The van der Waals surface area contributed by atoms with Gasteiger partial charge in [-0.25, -0.2) is 14.5 Å². The molecule has 7 heteroatoms. The van der Waals surface area contributed by atoms with Crippen LogP contribution in [-0.2, 0) is 6.54 Å². The maximum absolute atomic E-state index is 10.9. The Morgan fingerprint density at radius 3 is 2.78 bits per heavy atom. The Hall–Kier alpha value is -2.18. The van der Waals surface area contributed by atoms with Crippen LogP contribution in [0.3, 0.4) is 0 Å². The Morgan fingerprint density at radius 1 is 1.50 bits per heavy atom. The molecule has 2 aromatic rings. The Kier molecular flexibility index (Phi) is 3.14. The van der Waals surface area contributed by atoms with Crippen LogP contribution in [0.25, 0.3) is 0 Å². The number of hydrogen-bond acceptors (Lipinski definition) is 4. The lowest BCUT2D eigenvalue weighted by Crippen LogP contribution is -2.12. The normalized spacial score (nSPS) is 11.1. The predicted octanol–water partition coefficient (Wildman–Crippen LogP) is 1.11. The van der Waals surface area contributed by atoms with Crippen molar-refractivity contribution >= 4 is 5.97 Å². The van der Waals surface area contributed by atoms with Gasteiger partial charge in [0.25, 0.3) is 0 Å². The molecule has 0 atom stereocenters. The van der Waals surface area contributed by atoms with Crippen LogP contribution >= 0.6 is 0 Å². The van der Waals surface area contributed by atoms with Gasteiger partial charge >= 0.3 is 5.97 Å². The molecule has 1 N–H and O–H groups in total. The van der Waals surface area contributed by atoms with Crippen molar-refractivity contribution in [3.8, 4) is 0 Å². The Bertz CT molecular complexity index is 570. The Balaban J connectivity index is 2.26. The minimum absolute atomic E-state index is 0.207. The zero-order valence-corrected chi connectivity index (χ0v) is 10.5. The summed E-state index contributed by atoms with van der Waals surface area (Å²) in [5.41, 5.74) is 0.712. The van der Waals surface area contributed by atoms with E-state index >= 15 is 0 Å². The molecule has 2 rings (SSSR count). The van der Waals surface area contributed by atoms with Crippen molar-refractivity contribution in [2.24, 2.45) is 0 Å². The number of carboxylic acids is 1. The molecule has 0 radical (unpaired) electrons. The smallest absolute Gasteiger partial charge is 0.339 e. The number of aromatic carboxylic acids is 1. The van der Waals surface area contributed by atoms with Crippen LogP contribution in [0.5, 0.6) is 0 Å². The largest absolute Gasteiger partial charge is 0.478 e. The summed E-state index contributed by atoms with van der Waals surface area (Å²) in [6.45, 7) is 6.10. The third kappa shape index (κ3) is 2.24.